The van der Waals surface area contributed by atoms with Crippen LogP contribution in [0.2, 0.25) is 44.3 Å². The van der Waals surface area contributed by atoms with Gasteiger partial charge in [-0.1, -0.05) is 40.0 Å². The summed E-state index contributed by atoms with van der Waals surface area (Å²) in [5.41, 5.74) is 0.163. The average molecular weight is 275 g/mol. The molecule has 0 spiro atoms. The first-order chi connectivity index (χ1) is 7.04. The van der Waals surface area contributed by atoms with Gasteiger partial charge in [-0.05, 0) is 32.0 Å². The fraction of sp³-hybridized carbons (Fsp3) is 1.00. The molecule has 1 saturated heterocycles. The summed E-state index contributed by atoms with van der Waals surface area (Å²) in [6.45, 7) is 20.0. The quantitative estimate of drug-likeness (QED) is 0.680. The van der Waals surface area contributed by atoms with Gasteiger partial charge in [-0.3, -0.25) is 0 Å². The second-order valence-corrected chi connectivity index (χ2v) is 34.0. The Balaban J connectivity index is 3.25. The van der Waals surface area contributed by atoms with Crippen molar-refractivity contribution in [3.63, 3.8) is 0 Å². The molecule has 1 heterocycles. The summed E-state index contributed by atoms with van der Waals surface area (Å²) in [5, 5.41) is 0. The largest absolute Gasteiger partial charge is 0.415 e. The van der Waals surface area contributed by atoms with Gasteiger partial charge in [0.25, 0.3) is 0 Å². The van der Waals surface area contributed by atoms with Crippen LogP contribution in [-0.4, -0.2) is 28.1 Å². The fourth-order valence-corrected chi connectivity index (χ4v) is 40.6. The fourth-order valence-electron chi connectivity index (χ4n) is 3.87. The molecule has 0 aromatic heterocycles. The van der Waals surface area contributed by atoms with Crippen molar-refractivity contribution in [2.24, 2.45) is 0 Å². The summed E-state index contributed by atoms with van der Waals surface area (Å²) in [4.78, 5) is 0. The van der Waals surface area contributed by atoms with Crippen LogP contribution < -0.4 is 0 Å². The molecule has 0 N–H and O–H groups in total. The molecule has 0 aromatic rings. The Morgan fingerprint density at radius 1 is 1.00 bits per heavy atom. The monoisotopic (exact) mass is 274 g/mol. The smallest absolute Gasteiger partial charge is 0.177 e. The summed E-state index contributed by atoms with van der Waals surface area (Å²) < 4.78 is 6.75. The van der Waals surface area contributed by atoms with Gasteiger partial charge in [-0.15, -0.1) is 0 Å². The van der Waals surface area contributed by atoms with Gasteiger partial charge in [0.05, 0.1) is 7.11 Å². The van der Waals surface area contributed by atoms with Crippen molar-refractivity contribution < 1.29 is 4.43 Å². The zero-order valence-electron chi connectivity index (χ0n) is 12.5. The molecule has 0 aliphatic carbocycles. The molecule has 0 bridgehead atoms. The lowest BCUT2D eigenvalue weighted by molar-refractivity contribution is 0.118. The van der Waals surface area contributed by atoms with E-state index in [9.17, 15) is 0 Å². The average Bonchev–Trinajstić information content (AvgIpc) is 2.10. The second-order valence-electron chi connectivity index (χ2n) is 7.25. The highest BCUT2D eigenvalue weighted by atomic mass is 29.6. The molecule has 0 amide bonds. The maximum Gasteiger partial charge on any atom is 0.177 e. The second kappa shape index (κ2) is 4.07. The van der Waals surface area contributed by atoms with E-state index >= 15 is 0 Å². The van der Waals surface area contributed by atoms with E-state index in [0.29, 0.717) is 0 Å². The summed E-state index contributed by atoms with van der Waals surface area (Å²) >= 11 is 0. The van der Waals surface area contributed by atoms with E-state index in [4.69, 9.17) is 4.43 Å². The molecular formula is C12H30OSi3. The van der Waals surface area contributed by atoms with Gasteiger partial charge in [0.2, 0.25) is 0 Å². The summed E-state index contributed by atoms with van der Waals surface area (Å²) in [6.07, 6.45) is 0. The third kappa shape index (κ3) is 2.02. The summed E-state index contributed by atoms with van der Waals surface area (Å²) in [5.74, 6) is 0. The Bertz CT molecular complexity index is 267. The van der Waals surface area contributed by atoms with Gasteiger partial charge in [0.15, 0.2) is 7.83 Å². The molecule has 0 unspecified atom stereocenters. The van der Waals surface area contributed by atoms with Gasteiger partial charge >= 0.3 is 0 Å². The lowest BCUT2D eigenvalue weighted by Gasteiger charge is -2.60. The number of hydrogen-bond acceptors (Lipinski definition) is 1. The van der Waals surface area contributed by atoms with E-state index in [1.807, 2.05) is 0 Å². The first-order valence-corrected chi connectivity index (χ1v) is 17.3. The highest BCUT2D eigenvalue weighted by Gasteiger charge is 2.62. The van der Waals surface area contributed by atoms with Gasteiger partial charge in [0, 0.05) is 13.2 Å². The highest BCUT2D eigenvalue weighted by molar-refractivity contribution is 7.68. The van der Waals surface area contributed by atoms with Crippen LogP contribution in [0.15, 0.2) is 0 Å². The standard InChI is InChI=1S/C12H30OSi3/c1-9-16(10-2)13-12(3,4)11-14(5,6)15(16,7)8/h9-11H2,1-8H3. The Kier molecular flexibility index (Phi) is 3.73. The molecule has 96 valence electrons. The normalized spacial score (nSPS) is 30.0. The van der Waals surface area contributed by atoms with Crippen LogP contribution in [0.25, 0.3) is 0 Å². The molecular weight excluding hydrogens is 244 g/mol. The third-order valence-electron chi connectivity index (χ3n) is 5.31. The van der Waals surface area contributed by atoms with E-state index < -0.39 is 22.5 Å². The van der Waals surface area contributed by atoms with Crippen LogP contribution in [-0.2, 0) is 4.43 Å². The maximum absolute atomic E-state index is 6.75. The predicted octanol–water partition coefficient (Wildman–Crippen LogP) is 4.35. The molecule has 1 aliphatic rings. The third-order valence-corrected chi connectivity index (χ3v) is 46.1. The zero-order valence-corrected chi connectivity index (χ0v) is 15.5. The van der Waals surface area contributed by atoms with Crippen LogP contribution in [0.4, 0.5) is 0 Å². The lowest BCUT2D eigenvalue weighted by atomic mass is 10.2. The molecule has 1 aliphatic heterocycles. The van der Waals surface area contributed by atoms with Gasteiger partial charge in [0.1, 0.15) is 0 Å². The molecule has 4 heteroatoms. The van der Waals surface area contributed by atoms with Crippen LogP contribution in [0.5, 0.6) is 0 Å². The molecule has 1 nitrogen and oxygen atoms in total. The van der Waals surface area contributed by atoms with Crippen LogP contribution >= 0.6 is 0 Å². The van der Waals surface area contributed by atoms with Crippen molar-refractivity contribution in [2.45, 2.75) is 77.6 Å². The number of hydrogen-bond donors (Lipinski definition) is 0. The van der Waals surface area contributed by atoms with Gasteiger partial charge in [-0.25, -0.2) is 0 Å². The Labute approximate surface area is 105 Å². The minimum atomic E-state index is -1.43. The summed E-state index contributed by atoms with van der Waals surface area (Å²) in [6, 6.07) is 4.04. The van der Waals surface area contributed by atoms with E-state index in [2.05, 4.69) is 53.9 Å². The van der Waals surface area contributed by atoms with Gasteiger partial charge < -0.3 is 4.43 Å². The molecule has 1 rings (SSSR count). The minimum absolute atomic E-state index is 0.163. The minimum Gasteiger partial charge on any atom is -0.415 e. The topological polar surface area (TPSA) is 9.23 Å². The Morgan fingerprint density at radius 3 is 1.81 bits per heavy atom. The van der Waals surface area contributed by atoms with Crippen LogP contribution in [0, 0.1) is 0 Å². The van der Waals surface area contributed by atoms with Crippen LogP contribution in [0.1, 0.15) is 27.7 Å². The van der Waals surface area contributed by atoms with Crippen molar-refractivity contribution in [3.8, 4) is 0 Å². The molecule has 0 atom stereocenters. The van der Waals surface area contributed by atoms with Crippen molar-refractivity contribution >= 4 is 22.5 Å². The maximum atomic E-state index is 6.75. The van der Waals surface area contributed by atoms with E-state index in [1.165, 1.54) is 18.1 Å². The molecule has 1 fully saturated rings. The first kappa shape index (κ1) is 14.7. The van der Waals surface area contributed by atoms with Crippen molar-refractivity contribution in [1.29, 1.82) is 0 Å². The zero-order chi connectivity index (χ0) is 12.8. The Morgan fingerprint density at radius 2 is 1.44 bits per heavy atom. The Hall–Kier alpha value is 0.611. The first-order valence-electron chi connectivity index (χ1n) is 6.74. The highest BCUT2D eigenvalue weighted by Crippen LogP contribution is 2.46. The van der Waals surface area contributed by atoms with Crippen molar-refractivity contribution in [2.75, 3.05) is 0 Å². The van der Waals surface area contributed by atoms with E-state index in [0.717, 1.165) is 0 Å². The van der Waals surface area contributed by atoms with Gasteiger partial charge in [-0.2, -0.15) is 0 Å². The predicted molar refractivity (Wildman–Crippen MR) is 81.7 cm³/mol. The van der Waals surface area contributed by atoms with Crippen molar-refractivity contribution in [1.82, 2.24) is 0 Å². The van der Waals surface area contributed by atoms with E-state index in [1.54, 1.807) is 0 Å². The van der Waals surface area contributed by atoms with E-state index in [-0.39, 0.29) is 5.60 Å². The number of rotatable bonds is 2. The SMILES string of the molecule is CC[Si]1(CC)OC(C)(C)C[Si](C)(C)[Si]1(C)C. The molecule has 0 radical (unpaired) electrons. The summed E-state index contributed by atoms with van der Waals surface area (Å²) in [7, 11) is -3.61. The van der Waals surface area contributed by atoms with Crippen LogP contribution in [0.3, 0.4) is 0 Å². The molecule has 16 heavy (non-hydrogen) atoms. The molecule has 0 aromatic carbocycles. The lowest BCUT2D eigenvalue weighted by Crippen LogP contribution is -2.79. The van der Waals surface area contributed by atoms with Crippen molar-refractivity contribution in [3.05, 3.63) is 0 Å². The molecule has 0 saturated carbocycles.